The summed E-state index contributed by atoms with van der Waals surface area (Å²) in [6.07, 6.45) is -3.51. The number of nitrogens with one attached hydrogen (secondary N) is 1. The second-order valence-corrected chi connectivity index (χ2v) is 3.88. The molecule has 4 nitrogen and oxygen atoms in total. The van der Waals surface area contributed by atoms with Crippen molar-refractivity contribution in [3.63, 3.8) is 0 Å². The van der Waals surface area contributed by atoms with Crippen LogP contribution in [-0.4, -0.2) is 37.4 Å². The Labute approximate surface area is 102 Å². The zero-order chi connectivity index (χ0) is 13.0. The molecular formula is C11H13F3N2O2. The highest BCUT2D eigenvalue weighted by atomic mass is 19.4. The van der Waals surface area contributed by atoms with Gasteiger partial charge in [-0.05, 0) is 6.07 Å². The zero-order valence-electron chi connectivity index (χ0n) is 9.54. The van der Waals surface area contributed by atoms with Gasteiger partial charge in [-0.1, -0.05) is 0 Å². The van der Waals surface area contributed by atoms with Gasteiger partial charge in [0.1, 0.15) is 24.2 Å². The Morgan fingerprint density at radius 3 is 3.00 bits per heavy atom. The van der Waals surface area contributed by atoms with Crippen molar-refractivity contribution in [3.8, 4) is 5.75 Å². The summed E-state index contributed by atoms with van der Waals surface area (Å²) in [7, 11) is 0. The molecule has 18 heavy (non-hydrogen) atoms. The number of nitrogens with zero attached hydrogens (tertiary/aromatic N) is 1. The summed E-state index contributed by atoms with van der Waals surface area (Å²) in [5, 5.41) is 3.11. The highest BCUT2D eigenvalue weighted by Gasteiger charge is 2.32. The van der Waals surface area contributed by atoms with Crippen LogP contribution in [0.4, 0.5) is 13.2 Å². The van der Waals surface area contributed by atoms with E-state index >= 15 is 0 Å². The molecule has 0 saturated carbocycles. The Morgan fingerprint density at radius 2 is 2.33 bits per heavy atom. The van der Waals surface area contributed by atoms with Gasteiger partial charge in [0.25, 0.3) is 0 Å². The van der Waals surface area contributed by atoms with E-state index in [4.69, 9.17) is 9.47 Å². The predicted molar refractivity (Wildman–Crippen MR) is 57.3 cm³/mol. The highest BCUT2D eigenvalue weighted by Crippen LogP contribution is 2.29. The zero-order valence-corrected chi connectivity index (χ0v) is 9.54. The van der Waals surface area contributed by atoms with Crippen LogP contribution in [0.2, 0.25) is 0 Å². The van der Waals surface area contributed by atoms with Crippen molar-refractivity contribution in [2.75, 3.05) is 26.3 Å². The maximum absolute atomic E-state index is 12.4. The average molecular weight is 262 g/mol. The van der Waals surface area contributed by atoms with E-state index in [0.717, 1.165) is 18.8 Å². The number of pyridine rings is 1. The lowest BCUT2D eigenvalue weighted by atomic mass is 10.3. The molecule has 1 aromatic rings. The quantitative estimate of drug-likeness (QED) is 0.895. The molecular weight excluding hydrogens is 249 g/mol. The molecule has 0 aliphatic carbocycles. The first kappa shape index (κ1) is 13.1. The van der Waals surface area contributed by atoms with Gasteiger partial charge in [-0.2, -0.15) is 13.2 Å². The van der Waals surface area contributed by atoms with Crippen molar-refractivity contribution in [1.82, 2.24) is 10.3 Å². The summed E-state index contributed by atoms with van der Waals surface area (Å²) >= 11 is 0. The lowest BCUT2D eigenvalue weighted by Crippen LogP contribution is -2.41. The first-order valence-electron chi connectivity index (χ1n) is 5.54. The predicted octanol–water partition coefficient (Wildman–Crippen LogP) is 1.47. The minimum Gasteiger partial charge on any atom is -0.491 e. The monoisotopic (exact) mass is 262 g/mol. The molecule has 2 heterocycles. The second-order valence-electron chi connectivity index (χ2n) is 3.88. The Morgan fingerprint density at radius 1 is 1.50 bits per heavy atom. The molecule has 1 fully saturated rings. The SMILES string of the molecule is FC(F)(F)c1cc(OCC2CNCCO2)ccn1. The number of morpholine rings is 1. The van der Waals surface area contributed by atoms with Gasteiger partial charge in [0.2, 0.25) is 0 Å². The van der Waals surface area contributed by atoms with Crippen LogP contribution >= 0.6 is 0 Å². The van der Waals surface area contributed by atoms with Gasteiger partial charge in [-0.25, -0.2) is 0 Å². The molecule has 100 valence electrons. The molecule has 0 bridgehead atoms. The maximum atomic E-state index is 12.4. The molecule has 1 aliphatic rings. The Hall–Kier alpha value is -1.34. The van der Waals surface area contributed by atoms with Crippen LogP contribution in [0.3, 0.4) is 0 Å². The smallest absolute Gasteiger partial charge is 0.433 e. The van der Waals surface area contributed by atoms with E-state index in [9.17, 15) is 13.2 Å². The Kier molecular flexibility index (Phi) is 4.03. The summed E-state index contributed by atoms with van der Waals surface area (Å²) in [6.45, 7) is 2.22. The van der Waals surface area contributed by atoms with Gasteiger partial charge < -0.3 is 14.8 Å². The van der Waals surface area contributed by atoms with Crippen molar-refractivity contribution in [1.29, 1.82) is 0 Å². The fraction of sp³-hybridized carbons (Fsp3) is 0.545. The molecule has 1 unspecified atom stereocenters. The van der Waals surface area contributed by atoms with Crippen LogP contribution in [0.1, 0.15) is 5.69 Å². The number of aromatic nitrogens is 1. The molecule has 1 N–H and O–H groups in total. The summed E-state index contributed by atoms with van der Waals surface area (Å²) in [5.41, 5.74) is -0.956. The molecule has 0 amide bonds. The minimum atomic E-state index is -4.46. The van der Waals surface area contributed by atoms with Crippen molar-refractivity contribution in [2.45, 2.75) is 12.3 Å². The molecule has 1 atom stereocenters. The molecule has 7 heteroatoms. The van der Waals surface area contributed by atoms with Crippen molar-refractivity contribution < 1.29 is 22.6 Å². The van der Waals surface area contributed by atoms with Crippen LogP contribution in [-0.2, 0) is 10.9 Å². The van der Waals surface area contributed by atoms with E-state index in [1.165, 1.54) is 6.07 Å². The van der Waals surface area contributed by atoms with Gasteiger partial charge in [0, 0.05) is 25.4 Å². The average Bonchev–Trinajstić information content (AvgIpc) is 2.37. The number of ether oxygens (including phenoxy) is 2. The normalized spacial score (nSPS) is 20.7. The molecule has 1 aromatic heterocycles. The first-order chi connectivity index (χ1) is 8.55. The largest absolute Gasteiger partial charge is 0.491 e. The molecule has 0 aromatic carbocycles. The van der Waals surface area contributed by atoms with Gasteiger partial charge in [-0.15, -0.1) is 0 Å². The summed E-state index contributed by atoms with van der Waals surface area (Å²) in [6, 6.07) is 2.28. The number of alkyl halides is 3. The van der Waals surface area contributed by atoms with E-state index < -0.39 is 11.9 Å². The van der Waals surface area contributed by atoms with E-state index in [-0.39, 0.29) is 18.5 Å². The number of hydrogen-bond acceptors (Lipinski definition) is 4. The summed E-state index contributed by atoms with van der Waals surface area (Å²) in [5.74, 6) is 0.145. The maximum Gasteiger partial charge on any atom is 0.433 e. The fourth-order valence-electron chi connectivity index (χ4n) is 1.57. The Balaban J connectivity index is 1.92. The van der Waals surface area contributed by atoms with E-state index in [1.807, 2.05) is 0 Å². The lowest BCUT2D eigenvalue weighted by Gasteiger charge is -2.23. The molecule has 2 rings (SSSR count). The van der Waals surface area contributed by atoms with Crippen molar-refractivity contribution in [3.05, 3.63) is 24.0 Å². The molecule has 0 spiro atoms. The van der Waals surface area contributed by atoms with Gasteiger partial charge >= 0.3 is 6.18 Å². The summed E-state index contributed by atoms with van der Waals surface area (Å²) in [4.78, 5) is 3.26. The van der Waals surface area contributed by atoms with Gasteiger partial charge in [0.05, 0.1) is 6.61 Å². The van der Waals surface area contributed by atoms with Crippen molar-refractivity contribution >= 4 is 0 Å². The van der Waals surface area contributed by atoms with Crippen LogP contribution in [0.5, 0.6) is 5.75 Å². The third kappa shape index (κ3) is 3.58. The van der Waals surface area contributed by atoms with Crippen molar-refractivity contribution in [2.24, 2.45) is 0 Å². The summed E-state index contributed by atoms with van der Waals surface area (Å²) < 4.78 is 47.9. The molecule has 1 aliphatic heterocycles. The lowest BCUT2D eigenvalue weighted by molar-refractivity contribution is -0.141. The van der Waals surface area contributed by atoms with Crippen LogP contribution < -0.4 is 10.1 Å². The third-order valence-corrected chi connectivity index (χ3v) is 2.46. The van der Waals surface area contributed by atoms with Crippen LogP contribution in [0.25, 0.3) is 0 Å². The number of hydrogen-bond donors (Lipinski definition) is 1. The topological polar surface area (TPSA) is 43.4 Å². The first-order valence-corrected chi connectivity index (χ1v) is 5.54. The van der Waals surface area contributed by atoms with E-state index in [2.05, 4.69) is 10.3 Å². The number of rotatable bonds is 3. The van der Waals surface area contributed by atoms with Crippen LogP contribution in [0.15, 0.2) is 18.3 Å². The fourth-order valence-corrected chi connectivity index (χ4v) is 1.57. The molecule has 1 saturated heterocycles. The second kappa shape index (κ2) is 5.53. The van der Waals surface area contributed by atoms with Crippen LogP contribution in [0, 0.1) is 0 Å². The van der Waals surface area contributed by atoms with E-state index in [0.29, 0.717) is 13.2 Å². The standard InChI is InChI=1S/C11H13F3N2O2/c12-11(13,14)10-5-8(1-2-16-10)18-7-9-6-15-3-4-17-9/h1-2,5,9,15H,3-4,6-7H2. The third-order valence-electron chi connectivity index (χ3n) is 2.46. The minimum absolute atomic E-state index is 0.138. The highest BCUT2D eigenvalue weighted by molar-refractivity contribution is 5.24. The van der Waals surface area contributed by atoms with Gasteiger partial charge in [-0.3, -0.25) is 4.98 Å². The Bertz CT molecular complexity index is 392. The number of halogens is 3. The van der Waals surface area contributed by atoms with E-state index in [1.54, 1.807) is 0 Å². The van der Waals surface area contributed by atoms with Gasteiger partial charge in [0.15, 0.2) is 0 Å². The molecule has 0 radical (unpaired) electrons.